The van der Waals surface area contributed by atoms with E-state index in [4.69, 9.17) is 16.3 Å². The molecule has 1 fully saturated rings. The lowest BCUT2D eigenvalue weighted by atomic mass is 10.2. The van der Waals surface area contributed by atoms with Crippen LogP contribution in [0.1, 0.15) is 5.69 Å². The van der Waals surface area contributed by atoms with Crippen LogP contribution in [0.4, 0.5) is 11.5 Å². The van der Waals surface area contributed by atoms with Gasteiger partial charge in [-0.3, -0.25) is 0 Å². The Morgan fingerprint density at radius 2 is 1.64 bits per heavy atom. The number of piperazine rings is 1. The molecular formula is C20H19ClN6O. The molecule has 0 N–H and O–H groups in total. The van der Waals surface area contributed by atoms with E-state index in [1.807, 2.05) is 30.3 Å². The highest BCUT2D eigenvalue weighted by Gasteiger charge is 2.24. The van der Waals surface area contributed by atoms with Crippen LogP contribution in [0.3, 0.4) is 0 Å². The number of hydrogen-bond donors (Lipinski definition) is 0. The van der Waals surface area contributed by atoms with Crippen LogP contribution in [0.25, 0.3) is 5.69 Å². The summed E-state index contributed by atoms with van der Waals surface area (Å²) in [6.45, 7) is 3.09. The first-order chi connectivity index (χ1) is 13.7. The molecule has 0 bridgehead atoms. The van der Waals surface area contributed by atoms with Crippen molar-refractivity contribution < 1.29 is 4.74 Å². The van der Waals surface area contributed by atoms with E-state index >= 15 is 0 Å². The number of benzene rings is 2. The van der Waals surface area contributed by atoms with Crippen molar-refractivity contribution in [3.8, 4) is 17.5 Å². The topological polar surface area (TPSA) is 70.2 Å². The molecular weight excluding hydrogens is 376 g/mol. The molecule has 28 heavy (non-hydrogen) atoms. The molecule has 1 aromatic heterocycles. The maximum Gasteiger partial charge on any atom is 0.207 e. The highest BCUT2D eigenvalue weighted by Crippen LogP contribution is 2.29. The van der Waals surface area contributed by atoms with Crippen LogP contribution in [-0.4, -0.2) is 48.3 Å². The van der Waals surface area contributed by atoms with Gasteiger partial charge in [0.15, 0.2) is 5.82 Å². The molecule has 2 heterocycles. The van der Waals surface area contributed by atoms with Gasteiger partial charge in [-0.25, -0.2) is 0 Å². The number of hydrogen-bond acceptors (Lipinski definition) is 6. The van der Waals surface area contributed by atoms with Crippen LogP contribution in [0.15, 0.2) is 48.5 Å². The van der Waals surface area contributed by atoms with Gasteiger partial charge in [0.1, 0.15) is 11.8 Å². The quantitative estimate of drug-likeness (QED) is 0.677. The van der Waals surface area contributed by atoms with E-state index in [-0.39, 0.29) is 0 Å². The van der Waals surface area contributed by atoms with E-state index in [2.05, 4.69) is 32.1 Å². The fourth-order valence-corrected chi connectivity index (χ4v) is 3.45. The maximum absolute atomic E-state index is 9.51. The molecule has 1 aliphatic heterocycles. The largest absolute Gasteiger partial charge is 0.495 e. The van der Waals surface area contributed by atoms with Gasteiger partial charge in [0.2, 0.25) is 5.69 Å². The van der Waals surface area contributed by atoms with Gasteiger partial charge >= 0.3 is 0 Å². The van der Waals surface area contributed by atoms with Crippen molar-refractivity contribution in [3.05, 3.63) is 59.2 Å². The standard InChI is InChI=1S/C20H19ClN6O/c1-28-19-5-3-2-4-18(19)25-10-12-26(13-11-25)20-17(14-22)23-27(24-20)16-8-6-15(21)7-9-16/h2-9H,10-13H2,1H3. The third-order valence-electron chi connectivity index (χ3n) is 4.76. The molecule has 3 aromatic rings. The Morgan fingerprint density at radius 1 is 0.964 bits per heavy atom. The monoisotopic (exact) mass is 394 g/mol. The number of anilines is 2. The summed E-state index contributed by atoms with van der Waals surface area (Å²) in [5.41, 5.74) is 2.16. The summed E-state index contributed by atoms with van der Waals surface area (Å²) in [5.74, 6) is 1.47. The van der Waals surface area contributed by atoms with Gasteiger partial charge in [0.05, 0.1) is 18.5 Å². The van der Waals surface area contributed by atoms with Crippen LogP contribution < -0.4 is 14.5 Å². The third-order valence-corrected chi connectivity index (χ3v) is 5.02. The van der Waals surface area contributed by atoms with Gasteiger partial charge in [0, 0.05) is 31.2 Å². The van der Waals surface area contributed by atoms with Crippen molar-refractivity contribution in [2.45, 2.75) is 0 Å². The van der Waals surface area contributed by atoms with Crippen molar-refractivity contribution in [3.63, 3.8) is 0 Å². The van der Waals surface area contributed by atoms with Crippen LogP contribution in [0.5, 0.6) is 5.75 Å². The van der Waals surface area contributed by atoms with Crippen molar-refractivity contribution in [2.75, 3.05) is 43.1 Å². The smallest absolute Gasteiger partial charge is 0.207 e. The molecule has 2 aromatic carbocycles. The van der Waals surface area contributed by atoms with E-state index in [1.165, 1.54) is 4.80 Å². The molecule has 1 saturated heterocycles. The molecule has 4 rings (SSSR count). The molecule has 7 nitrogen and oxygen atoms in total. The number of halogens is 1. The molecule has 0 aliphatic carbocycles. The SMILES string of the molecule is COc1ccccc1N1CCN(c2nn(-c3ccc(Cl)cc3)nc2C#N)CC1. The molecule has 0 spiro atoms. The van der Waals surface area contributed by atoms with Crippen molar-refractivity contribution >= 4 is 23.1 Å². The van der Waals surface area contributed by atoms with Crippen molar-refractivity contribution in [1.82, 2.24) is 15.0 Å². The minimum absolute atomic E-state index is 0.320. The molecule has 1 aliphatic rings. The highest BCUT2D eigenvalue weighted by molar-refractivity contribution is 6.30. The summed E-state index contributed by atoms with van der Waals surface area (Å²) in [7, 11) is 1.68. The van der Waals surface area contributed by atoms with Gasteiger partial charge in [-0.1, -0.05) is 23.7 Å². The lowest BCUT2D eigenvalue weighted by molar-refractivity contribution is 0.413. The molecule has 8 heteroatoms. The van der Waals surface area contributed by atoms with Crippen LogP contribution in [0.2, 0.25) is 5.02 Å². The second kappa shape index (κ2) is 7.79. The minimum Gasteiger partial charge on any atom is -0.495 e. The number of methoxy groups -OCH3 is 1. The molecule has 142 valence electrons. The second-order valence-electron chi connectivity index (χ2n) is 6.40. The zero-order chi connectivity index (χ0) is 19.5. The van der Waals surface area contributed by atoms with Crippen LogP contribution in [-0.2, 0) is 0 Å². The second-order valence-corrected chi connectivity index (χ2v) is 6.83. The highest BCUT2D eigenvalue weighted by atomic mass is 35.5. The van der Waals surface area contributed by atoms with Crippen LogP contribution >= 0.6 is 11.6 Å². The number of para-hydroxylation sites is 2. The average molecular weight is 395 g/mol. The average Bonchev–Trinajstić information content (AvgIpc) is 3.19. The van der Waals surface area contributed by atoms with Crippen molar-refractivity contribution in [2.24, 2.45) is 0 Å². The normalized spacial score (nSPS) is 14.0. The number of nitrogens with zero attached hydrogens (tertiary/aromatic N) is 6. The predicted molar refractivity (Wildman–Crippen MR) is 109 cm³/mol. The fourth-order valence-electron chi connectivity index (χ4n) is 3.32. The third kappa shape index (κ3) is 3.47. The first-order valence-corrected chi connectivity index (χ1v) is 9.33. The summed E-state index contributed by atoms with van der Waals surface area (Å²) in [5, 5.41) is 19.0. The van der Waals surface area contributed by atoms with E-state index < -0.39 is 0 Å². The Kier molecular flexibility index (Phi) is 5.04. The summed E-state index contributed by atoms with van der Waals surface area (Å²) in [4.78, 5) is 5.87. The van der Waals surface area contributed by atoms with Crippen LogP contribution in [0, 0.1) is 11.3 Å². The lowest BCUT2D eigenvalue weighted by Gasteiger charge is -2.36. The van der Waals surface area contributed by atoms with E-state index in [9.17, 15) is 5.26 Å². The maximum atomic E-state index is 9.51. The van der Waals surface area contributed by atoms with Gasteiger partial charge in [-0.15, -0.1) is 15.0 Å². The number of aromatic nitrogens is 3. The Morgan fingerprint density at radius 3 is 2.32 bits per heavy atom. The zero-order valence-electron chi connectivity index (χ0n) is 15.4. The predicted octanol–water partition coefficient (Wildman–Crippen LogP) is 3.13. The zero-order valence-corrected chi connectivity index (χ0v) is 16.2. The molecule has 0 radical (unpaired) electrons. The Hall–Kier alpha value is -3.24. The molecule has 0 amide bonds. The van der Waals surface area contributed by atoms with E-state index in [0.717, 1.165) is 43.3 Å². The summed E-state index contributed by atoms with van der Waals surface area (Å²) >= 11 is 5.95. The van der Waals surface area contributed by atoms with E-state index in [0.29, 0.717) is 16.5 Å². The number of ether oxygens (including phenoxy) is 1. The first kappa shape index (κ1) is 18.1. The Labute approximate surface area is 168 Å². The summed E-state index contributed by atoms with van der Waals surface area (Å²) in [6.07, 6.45) is 0. The minimum atomic E-state index is 0.320. The molecule has 0 atom stereocenters. The molecule has 0 saturated carbocycles. The van der Waals surface area contributed by atoms with E-state index in [1.54, 1.807) is 19.2 Å². The van der Waals surface area contributed by atoms with Gasteiger partial charge in [-0.05, 0) is 36.4 Å². The first-order valence-electron chi connectivity index (χ1n) is 8.96. The van der Waals surface area contributed by atoms with Gasteiger partial charge in [0.25, 0.3) is 0 Å². The Balaban J connectivity index is 1.53. The van der Waals surface area contributed by atoms with Crippen molar-refractivity contribution in [1.29, 1.82) is 5.26 Å². The number of nitriles is 1. The fraction of sp³-hybridized carbons (Fsp3) is 0.250. The summed E-state index contributed by atoms with van der Waals surface area (Å²) in [6, 6.07) is 17.4. The number of rotatable bonds is 4. The summed E-state index contributed by atoms with van der Waals surface area (Å²) < 4.78 is 5.47. The Bertz CT molecular complexity index is 1000. The van der Waals surface area contributed by atoms with Gasteiger partial charge < -0.3 is 14.5 Å². The lowest BCUT2D eigenvalue weighted by Crippen LogP contribution is -2.47. The molecule has 0 unspecified atom stereocenters. The van der Waals surface area contributed by atoms with Gasteiger partial charge in [-0.2, -0.15) is 5.26 Å².